The zero-order valence-electron chi connectivity index (χ0n) is 7.15. The third-order valence-electron chi connectivity index (χ3n) is 1.16. The molecule has 0 saturated carbocycles. The minimum absolute atomic E-state index is 0.148. The number of hydrogen-bond donors (Lipinski definition) is 3. The van der Waals surface area contributed by atoms with Gasteiger partial charge in [-0.3, -0.25) is 24.5 Å². The first kappa shape index (κ1) is 12.1. The summed E-state index contributed by atoms with van der Waals surface area (Å²) in [6.07, 6.45) is -0.0579. The number of carbonyl (C=O) groups is 4. The molecule has 0 spiro atoms. The maximum atomic E-state index is 10.1. The van der Waals surface area contributed by atoms with Crippen molar-refractivity contribution in [2.24, 2.45) is 0 Å². The van der Waals surface area contributed by atoms with E-state index in [4.69, 9.17) is 10.2 Å². The highest BCUT2D eigenvalue weighted by Gasteiger charge is 2.15. The summed E-state index contributed by atoms with van der Waals surface area (Å²) in [5, 5.41) is 17.5. The molecule has 0 aromatic rings. The molecule has 0 bridgehead atoms. The van der Waals surface area contributed by atoms with Crippen molar-refractivity contribution in [3.8, 4) is 0 Å². The number of carboxylic acid groups (broad SMARTS) is 2. The number of hydrogen-bond acceptors (Lipinski definition) is 4. The zero-order chi connectivity index (χ0) is 11.1. The van der Waals surface area contributed by atoms with Crippen LogP contribution in [0.15, 0.2) is 0 Å². The van der Waals surface area contributed by atoms with E-state index in [-0.39, 0.29) is 11.8 Å². The number of nitrogens with one attached hydrogen (secondary N) is 1. The molecular formula is C7H9NO6. The standard InChI is InChI=1S/C4H5NO2.C3H4O4/c6-3-1-2-4(7)5-3;4-2(5)1-3(6)7/h1-2H2,(H,5,6,7);1H2,(H,4,5)(H,6,7). The molecule has 0 aromatic carbocycles. The fourth-order valence-corrected chi connectivity index (χ4v) is 0.637. The predicted molar refractivity (Wildman–Crippen MR) is 42.3 cm³/mol. The lowest BCUT2D eigenvalue weighted by atomic mass is 10.4. The average molecular weight is 203 g/mol. The highest BCUT2D eigenvalue weighted by atomic mass is 16.4. The number of aliphatic carboxylic acids is 2. The van der Waals surface area contributed by atoms with Gasteiger partial charge in [0.1, 0.15) is 6.42 Å². The summed E-state index contributed by atoms with van der Waals surface area (Å²) in [5.74, 6) is -2.92. The third kappa shape index (κ3) is 6.77. The molecule has 1 aliphatic heterocycles. The third-order valence-corrected chi connectivity index (χ3v) is 1.16. The van der Waals surface area contributed by atoms with Crippen LogP contribution in [0.5, 0.6) is 0 Å². The molecule has 14 heavy (non-hydrogen) atoms. The Morgan fingerprint density at radius 3 is 1.50 bits per heavy atom. The molecule has 2 amide bonds. The van der Waals surface area contributed by atoms with Crippen LogP contribution in [-0.2, 0) is 19.2 Å². The summed E-state index contributed by atoms with van der Waals surface area (Å²) in [7, 11) is 0. The Bertz CT molecular complexity index is 245. The molecule has 1 fully saturated rings. The van der Waals surface area contributed by atoms with Crippen LogP contribution in [0.2, 0.25) is 0 Å². The Balaban J connectivity index is 0.000000241. The highest BCUT2D eigenvalue weighted by Crippen LogP contribution is 1.95. The Hall–Kier alpha value is -1.92. The predicted octanol–water partition coefficient (Wildman–Crippen LogP) is -1.03. The topological polar surface area (TPSA) is 121 Å². The van der Waals surface area contributed by atoms with Crippen LogP contribution in [0, 0.1) is 0 Å². The molecule has 0 radical (unpaired) electrons. The minimum Gasteiger partial charge on any atom is -0.481 e. The van der Waals surface area contributed by atoms with Gasteiger partial charge in [-0.25, -0.2) is 0 Å². The molecule has 7 nitrogen and oxygen atoms in total. The van der Waals surface area contributed by atoms with Crippen LogP contribution < -0.4 is 5.32 Å². The van der Waals surface area contributed by atoms with Gasteiger partial charge in [0.25, 0.3) is 0 Å². The number of carbonyl (C=O) groups excluding carboxylic acids is 2. The van der Waals surface area contributed by atoms with Gasteiger partial charge in [-0.2, -0.15) is 0 Å². The molecule has 7 heteroatoms. The van der Waals surface area contributed by atoms with Crippen LogP contribution in [0.4, 0.5) is 0 Å². The van der Waals surface area contributed by atoms with Crippen LogP contribution in [0.3, 0.4) is 0 Å². The summed E-state index contributed by atoms with van der Waals surface area (Å²) in [6, 6.07) is 0. The van der Waals surface area contributed by atoms with Gasteiger partial charge in [0, 0.05) is 12.8 Å². The molecule has 1 rings (SSSR count). The van der Waals surface area contributed by atoms with E-state index in [0.29, 0.717) is 12.8 Å². The van der Waals surface area contributed by atoms with E-state index in [1.807, 2.05) is 0 Å². The van der Waals surface area contributed by atoms with Crippen LogP contribution in [-0.4, -0.2) is 34.0 Å². The maximum Gasteiger partial charge on any atom is 0.314 e. The monoisotopic (exact) mass is 203 g/mol. The molecule has 3 N–H and O–H groups in total. The van der Waals surface area contributed by atoms with Gasteiger partial charge >= 0.3 is 11.9 Å². The van der Waals surface area contributed by atoms with Gasteiger partial charge in [-0.05, 0) is 0 Å². The fourth-order valence-electron chi connectivity index (χ4n) is 0.637. The minimum atomic E-state index is -1.31. The Morgan fingerprint density at radius 1 is 1.07 bits per heavy atom. The van der Waals surface area contributed by atoms with E-state index in [9.17, 15) is 19.2 Å². The molecule has 1 heterocycles. The van der Waals surface area contributed by atoms with E-state index in [0.717, 1.165) is 0 Å². The largest absolute Gasteiger partial charge is 0.481 e. The number of amides is 2. The van der Waals surface area contributed by atoms with Crippen LogP contribution >= 0.6 is 0 Å². The van der Waals surface area contributed by atoms with E-state index in [1.165, 1.54) is 0 Å². The molecular weight excluding hydrogens is 194 g/mol. The second-order valence-corrected chi connectivity index (χ2v) is 2.44. The summed E-state index contributed by atoms with van der Waals surface area (Å²) >= 11 is 0. The lowest BCUT2D eigenvalue weighted by Gasteiger charge is -1.80. The lowest BCUT2D eigenvalue weighted by Crippen LogP contribution is -2.18. The number of rotatable bonds is 2. The van der Waals surface area contributed by atoms with Crippen molar-refractivity contribution in [1.82, 2.24) is 5.32 Å². The van der Waals surface area contributed by atoms with Gasteiger partial charge in [-0.15, -0.1) is 0 Å². The van der Waals surface area contributed by atoms with Crippen molar-refractivity contribution in [3.63, 3.8) is 0 Å². The Labute approximate surface area is 78.7 Å². The number of carboxylic acids is 2. The van der Waals surface area contributed by atoms with E-state index < -0.39 is 18.4 Å². The smallest absolute Gasteiger partial charge is 0.314 e. The van der Waals surface area contributed by atoms with Gasteiger partial charge in [0.2, 0.25) is 11.8 Å². The fraction of sp³-hybridized carbons (Fsp3) is 0.429. The molecule has 0 aliphatic carbocycles. The maximum absolute atomic E-state index is 10.1. The van der Waals surface area contributed by atoms with Gasteiger partial charge in [0.15, 0.2) is 0 Å². The summed E-state index contributed by atoms with van der Waals surface area (Å²) in [4.78, 5) is 39.1. The van der Waals surface area contributed by atoms with Gasteiger partial charge in [0.05, 0.1) is 0 Å². The molecule has 1 aliphatic rings. The van der Waals surface area contributed by atoms with Crippen molar-refractivity contribution in [3.05, 3.63) is 0 Å². The second kappa shape index (κ2) is 5.68. The normalized spacial score (nSPS) is 14.0. The van der Waals surface area contributed by atoms with Crippen LogP contribution in [0.25, 0.3) is 0 Å². The number of imide groups is 1. The lowest BCUT2D eigenvalue weighted by molar-refractivity contribution is -0.147. The van der Waals surface area contributed by atoms with Crippen molar-refractivity contribution >= 4 is 23.8 Å². The van der Waals surface area contributed by atoms with E-state index in [1.54, 1.807) is 0 Å². The molecule has 1 saturated heterocycles. The first-order chi connectivity index (χ1) is 6.41. The highest BCUT2D eigenvalue weighted by molar-refractivity contribution is 6.01. The Kier molecular flexibility index (Phi) is 4.90. The van der Waals surface area contributed by atoms with E-state index in [2.05, 4.69) is 5.32 Å². The van der Waals surface area contributed by atoms with Crippen molar-refractivity contribution < 1.29 is 29.4 Å². The molecule has 0 atom stereocenters. The first-order valence-corrected chi connectivity index (χ1v) is 3.68. The first-order valence-electron chi connectivity index (χ1n) is 3.68. The van der Waals surface area contributed by atoms with E-state index >= 15 is 0 Å². The average Bonchev–Trinajstić information content (AvgIpc) is 2.32. The quantitative estimate of drug-likeness (QED) is 0.389. The summed E-state index contributed by atoms with van der Waals surface area (Å²) in [6.45, 7) is 0. The Morgan fingerprint density at radius 2 is 1.43 bits per heavy atom. The van der Waals surface area contributed by atoms with Crippen molar-refractivity contribution in [1.29, 1.82) is 0 Å². The summed E-state index contributed by atoms with van der Waals surface area (Å²) in [5.41, 5.74) is 0. The SMILES string of the molecule is O=C(O)CC(=O)O.O=C1CCC(=O)N1. The zero-order valence-corrected chi connectivity index (χ0v) is 7.15. The van der Waals surface area contributed by atoms with Gasteiger partial charge in [-0.1, -0.05) is 0 Å². The molecule has 0 aromatic heterocycles. The van der Waals surface area contributed by atoms with Gasteiger partial charge < -0.3 is 10.2 Å². The van der Waals surface area contributed by atoms with Crippen molar-refractivity contribution in [2.45, 2.75) is 19.3 Å². The molecule has 78 valence electrons. The van der Waals surface area contributed by atoms with Crippen LogP contribution in [0.1, 0.15) is 19.3 Å². The van der Waals surface area contributed by atoms with Crippen molar-refractivity contribution in [2.75, 3.05) is 0 Å². The summed E-state index contributed by atoms with van der Waals surface area (Å²) < 4.78 is 0. The molecule has 0 unspecified atom stereocenters. The second-order valence-electron chi connectivity index (χ2n) is 2.44.